The number of carboxylic acid groups (broad SMARTS) is 1. The molecule has 2 aliphatic rings. The van der Waals surface area contributed by atoms with Gasteiger partial charge >= 0.3 is 5.97 Å². The maximum atomic E-state index is 13.6. The fraction of sp³-hybridized carbons (Fsp3) is 0.760. The number of aromatic carboxylic acids is 1. The summed E-state index contributed by atoms with van der Waals surface area (Å²) in [5.41, 5.74) is 0.631. The number of anilines is 1. The van der Waals surface area contributed by atoms with Gasteiger partial charge in [-0.3, -0.25) is 4.79 Å². The van der Waals surface area contributed by atoms with Crippen molar-refractivity contribution in [3.63, 3.8) is 0 Å². The van der Waals surface area contributed by atoms with Crippen LogP contribution in [0.5, 0.6) is 0 Å². The van der Waals surface area contributed by atoms with E-state index in [-0.39, 0.29) is 17.9 Å². The van der Waals surface area contributed by atoms with Gasteiger partial charge < -0.3 is 14.7 Å². The van der Waals surface area contributed by atoms with E-state index in [9.17, 15) is 14.7 Å². The van der Waals surface area contributed by atoms with Crippen molar-refractivity contribution in [3.05, 3.63) is 15.8 Å². The summed E-state index contributed by atoms with van der Waals surface area (Å²) in [6.45, 7) is 4.84. The van der Waals surface area contributed by atoms with Gasteiger partial charge in [0.2, 0.25) is 5.91 Å². The largest absolute Gasteiger partial charge is 0.477 e. The highest BCUT2D eigenvalue weighted by Crippen LogP contribution is 2.42. The summed E-state index contributed by atoms with van der Waals surface area (Å²) in [5, 5.41) is 9.96. The Bertz CT molecular complexity index is 732. The van der Waals surface area contributed by atoms with Crippen LogP contribution >= 0.6 is 11.3 Å². The van der Waals surface area contributed by atoms with E-state index in [0.29, 0.717) is 28.9 Å². The van der Waals surface area contributed by atoms with Crippen LogP contribution in [0.4, 0.5) is 5.69 Å². The summed E-state index contributed by atoms with van der Waals surface area (Å²) in [6, 6.07) is 2.03. The zero-order valence-corrected chi connectivity index (χ0v) is 20.2. The van der Waals surface area contributed by atoms with Gasteiger partial charge in [0.05, 0.1) is 11.8 Å². The number of nitrogens with zero attached hydrogens (tertiary/aromatic N) is 1. The number of rotatable bonds is 9. The average Bonchev–Trinajstić information content (AvgIpc) is 3.23. The molecule has 1 amide bonds. The summed E-state index contributed by atoms with van der Waals surface area (Å²) in [6.07, 6.45) is 11.7. The molecule has 1 heterocycles. The van der Waals surface area contributed by atoms with Crippen molar-refractivity contribution in [1.29, 1.82) is 0 Å². The lowest BCUT2D eigenvalue weighted by Gasteiger charge is -2.31. The molecular weight excluding hydrogens is 410 g/mol. The van der Waals surface area contributed by atoms with Gasteiger partial charge in [-0.1, -0.05) is 26.2 Å². The number of methoxy groups -OCH3 is 1. The Hall–Kier alpha value is -1.40. The molecular formula is C25H39NO4S. The first-order valence-corrected chi connectivity index (χ1v) is 12.9. The third-order valence-electron chi connectivity index (χ3n) is 7.25. The van der Waals surface area contributed by atoms with E-state index in [1.165, 1.54) is 30.6 Å². The SMILES string of the molecule is COC(C)CCCN(C(=O)C1CCC(C)CC1)c1cc(C2CCCCC2)sc1C(=O)O. The van der Waals surface area contributed by atoms with E-state index in [1.54, 1.807) is 7.11 Å². The van der Waals surface area contributed by atoms with Crippen LogP contribution in [-0.2, 0) is 9.53 Å². The molecule has 3 rings (SSSR count). The highest BCUT2D eigenvalue weighted by atomic mass is 32.1. The smallest absolute Gasteiger partial charge is 0.348 e. The molecule has 0 spiro atoms. The maximum absolute atomic E-state index is 13.6. The van der Waals surface area contributed by atoms with Crippen LogP contribution < -0.4 is 4.90 Å². The molecule has 6 heteroatoms. The third-order valence-corrected chi connectivity index (χ3v) is 8.52. The van der Waals surface area contributed by atoms with Crippen molar-refractivity contribution in [2.45, 2.75) is 96.5 Å². The first kappa shape index (κ1) is 24.2. The number of hydrogen-bond donors (Lipinski definition) is 1. The Morgan fingerprint density at radius 3 is 2.45 bits per heavy atom. The molecule has 2 saturated carbocycles. The van der Waals surface area contributed by atoms with Crippen molar-refractivity contribution in [2.24, 2.45) is 11.8 Å². The van der Waals surface area contributed by atoms with Crippen LogP contribution in [0.2, 0.25) is 0 Å². The molecule has 0 saturated heterocycles. The summed E-state index contributed by atoms with van der Waals surface area (Å²) < 4.78 is 5.38. The van der Waals surface area contributed by atoms with E-state index < -0.39 is 5.97 Å². The fourth-order valence-corrected chi connectivity index (χ4v) is 6.24. The number of hydrogen-bond acceptors (Lipinski definition) is 4. The monoisotopic (exact) mass is 449 g/mol. The summed E-state index contributed by atoms with van der Waals surface area (Å²) >= 11 is 1.39. The van der Waals surface area contributed by atoms with Gasteiger partial charge in [0.1, 0.15) is 4.88 Å². The quantitative estimate of drug-likeness (QED) is 0.469. The lowest BCUT2D eigenvalue weighted by atomic mass is 9.82. The lowest BCUT2D eigenvalue weighted by Crippen LogP contribution is -2.39. The number of carbonyl (C=O) groups is 2. The molecule has 2 aliphatic carbocycles. The van der Waals surface area contributed by atoms with Crippen molar-refractivity contribution < 1.29 is 19.4 Å². The predicted molar refractivity (Wildman–Crippen MR) is 126 cm³/mol. The molecule has 1 atom stereocenters. The summed E-state index contributed by atoms with van der Waals surface area (Å²) in [5.74, 6) is 0.325. The molecule has 1 unspecified atom stereocenters. The highest BCUT2D eigenvalue weighted by molar-refractivity contribution is 7.14. The first-order valence-electron chi connectivity index (χ1n) is 12.1. The Balaban J connectivity index is 1.86. The zero-order valence-electron chi connectivity index (χ0n) is 19.4. The van der Waals surface area contributed by atoms with Gasteiger partial charge in [-0.15, -0.1) is 11.3 Å². The molecule has 1 aromatic heterocycles. The van der Waals surface area contributed by atoms with Crippen LogP contribution in [0.3, 0.4) is 0 Å². The van der Waals surface area contributed by atoms with E-state index in [4.69, 9.17) is 4.74 Å². The Morgan fingerprint density at radius 2 is 1.84 bits per heavy atom. The van der Waals surface area contributed by atoms with Crippen LogP contribution in [0.15, 0.2) is 6.07 Å². The van der Waals surface area contributed by atoms with Crippen LogP contribution in [0.1, 0.15) is 105 Å². The Morgan fingerprint density at radius 1 is 1.16 bits per heavy atom. The molecule has 1 aromatic rings. The molecule has 174 valence electrons. The number of amides is 1. The van der Waals surface area contributed by atoms with Crippen LogP contribution in [-0.4, -0.2) is 36.7 Å². The van der Waals surface area contributed by atoms with Gasteiger partial charge in [-0.05, 0) is 76.2 Å². The minimum absolute atomic E-state index is 0.00993. The average molecular weight is 450 g/mol. The Labute approximate surface area is 191 Å². The highest BCUT2D eigenvalue weighted by Gasteiger charge is 2.32. The van der Waals surface area contributed by atoms with Crippen LogP contribution in [0.25, 0.3) is 0 Å². The molecule has 0 aromatic carbocycles. The molecule has 1 N–H and O–H groups in total. The molecule has 0 radical (unpaired) electrons. The second-order valence-corrected chi connectivity index (χ2v) is 10.7. The van der Waals surface area contributed by atoms with E-state index in [2.05, 4.69) is 6.92 Å². The van der Waals surface area contributed by atoms with E-state index in [1.807, 2.05) is 17.9 Å². The van der Waals surface area contributed by atoms with Crippen molar-refractivity contribution in [2.75, 3.05) is 18.6 Å². The number of carbonyl (C=O) groups excluding carboxylic acids is 1. The first-order chi connectivity index (χ1) is 14.9. The topological polar surface area (TPSA) is 66.8 Å². The van der Waals surface area contributed by atoms with Gasteiger partial charge in [-0.25, -0.2) is 4.79 Å². The minimum atomic E-state index is -0.914. The van der Waals surface area contributed by atoms with Gasteiger partial charge in [0, 0.05) is 24.4 Å². The predicted octanol–water partition coefficient (Wildman–Crippen LogP) is 6.47. The molecule has 5 nitrogen and oxygen atoms in total. The van der Waals surface area contributed by atoms with Gasteiger partial charge in [0.25, 0.3) is 0 Å². The Kier molecular flexibility index (Phi) is 8.96. The van der Waals surface area contributed by atoms with E-state index >= 15 is 0 Å². The zero-order chi connectivity index (χ0) is 22.4. The second kappa shape index (κ2) is 11.5. The summed E-state index contributed by atoms with van der Waals surface area (Å²) in [4.78, 5) is 29.1. The molecule has 31 heavy (non-hydrogen) atoms. The van der Waals surface area contributed by atoms with Crippen molar-refractivity contribution in [1.82, 2.24) is 0 Å². The molecule has 0 aliphatic heterocycles. The van der Waals surface area contributed by atoms with Crippen molar-refractivity contribution in [3.8, 4) is 0 Å². The third kappa shape index (κ3) is 6.32. The fourth-order valence-electron chi connectivity index (χ4n) is 5.07. The maximum Gasteiger partial charge on any atom is 0.348 e. The second-order valence-electron chi connectivity index (χ2n) is 9.64. The number of carboxylic acids is 1. The number of thiophene rings is 1. The van der Waals surface area contributed by atoms with Gasteiger partial charge in [0.15, 0.2) is 0 Å². The molecule has 2 fully saturated rings. The molecule has 0 bridgehead atoms. The van der Waals surface area contributed by atoms with E-state index in [0.717, 1.165) is 56.2 Å². The summed E-state index contributed by atoms with van der Waals surface area (Å²) in [7, 11) is 1.70. The lowest BCUT2D eigenvalue weighted by molar-refractivity contribution is -0.123. The van der Waals surface area contributed by atoms with Crippen molar-refractivity contribution >= 4 is 28.9 Å². The minimum Gasteiger partial charge on any atom is -0.477 e. The van der Waals surface area contributed by atoms with Crippen LogP contribution in [0, 0.1) is 11.8 Å². The number of ether oxygens (including phenoxy) is 1. The van der Waals surface area contributed by atoms with Gasteiger partial charge in [-0.2, -0.15) is 0 Å². The standard InChI is InChI=1S/C25H39NO4S/c1-17-11-13-20(14-12-17)24(27)26(15-7-8-18(2)30-3)21-16-22(31-23(21)25(28)29)19-9-5-4-6-10-19/h16-20H,4-15H2,1-3H3,(H,28,29). The normalized spacial score (nSPS) is 23.5.